The number of rotatable bonds is 4. The Morgan fingerprint density at radius 3 is 2.41 bits per heavy atom. The van der Waals surface area contributed by atoms with Crippen LogP contribution in [0.25, 0.3) is 0 Å². The quantitative estimate of drug-likeness (QED) is 0.799. The van der Waals surface area contributed by atoms with Crippen LogP contribution < -0.4 is 10.2 Å². The number of halogens is 2. The maximum absolute atomic E-state index is 13.4. The van der Waals surface area contributed by atoms with Crippen LogP contribution in [0.4, 0.5) is 20.2 Å². The fourth-order valence-corrected chi connectivity index (χ4v) is 3.27. The molecule has 2 amide bonds. The number of hydrogen-bond donors (Lipinski definition) is 1. The third-order valence-corrected chi connectivity index (χ3v) is 4.63. The van der Waals surface area contributed by atoms with Gasteiger partial charge >= 0.3 is 5.97 Å². The third-order valence-electron chi connectivity index (χ3n) is 4.63. The minimum atomic E-state index is -1.14. The van der Waals surface area contributed by atoms with Crippen molar-refractivity contribution in [3.05, 3.63) is 71.4 Å². The minimum absolute atomic E-state index is 0.00806. The van der Waals surface area contributed by atoms with E-state index in [1.54, 1.807) is 37.3 Å². The highest BCUT2D eigenvalue weighted by atomic mass is 19.2. The summed E-state index contributed by atoms with van der Waals surface area (Å²) in [5, 5.41) is 2.43. The largest absolute Gasteiger partial charge is 0.466 e. The zero-order chi connectivity index (χ0) is 21.1. The van der Waals surface area contributed by atoms with Crippen molar-refractivity contribution < 1.29 is 27.9 Å². The van der Waals surface area contributed by atoms with Crippen molar-refractivity contribution in [2.24, 2.45) is 5.92 Å². The molecule has 0 spiro atoms. The molecule has 6 nitrogen and oxygen atoms in total. The summed E-state index contributed by atoms with van der Waals surface area (Å²) in [5.74, 6) is -5.15. The molecule has 3 rings (SSSR count). The van der Waals surface area contributed by atoms with Gasteiger partial charge in [0, 0.05) is 29.6 Å². The number of nitrogens with one attached hydrogen (secondary N) is 1. The molecule has 0 radical (unpaired) electrons. The van der Waals surface area contributed by atoms with Gasteiger partial charge in [-0.15, -0.1) is 0 Å². The second-order valence-electron chi connectivity index (χ2n) is 6.43. The Bertz CT molecular complexity index is 1000. The lowest BCUT2D eigenvalue weighted by Gasteiger charge is -2.33. The number of anilines is 2. The lowest BCUT2D eigenvalue weighted by Crippen LogP contribution is -2.43. The smallest absolute Gasteiger partial charge is 0.336 e. The molecular formula is C21H18F2N2O4. The molecule has 0 saturated heterocycles. The molecule has 1 aliphatic heterocycles. The van der Waals surface area contributed by atoms with E-state index in [9.17, 15) is 23.2 Å². The average molecular weight is 400 g/mol. The zero-order valence-corrected chi connectivity index (χ0v) is 15.7. The van der Waals surface area contributed by atoms with E-state index in [1.807, 2.05) is 0 Å². The molecule has 1 heterocycles. The zero-order valence-electron chi connectivity index (χ0n) is 15.7. The fraction of sp³-hybridized carbons (Fsp3) is 0.190. The highest BCUT2D eigenvalue weighted by Gasteiger charge is 2.40. The van der Waals surface area contributed by atoms with Crippen LogP contribution in [0, 0.1) is 17.6 Å². The topological polar surface area (TPSA) is 75.7 Å². The molecule has 0 unspecified atom stereocenters. The van der Waals surface area contributed by atoms with E-state index in [0.717, 1.165) is 12.1 Å². The highest BCUT2D eigenvalue weighted by molar-refractivity contribution is 6.10. The number of allylic oxidation sites excluding steroid dienone is 1. The summed E-state index contributed by atoms with van der Waals surface area (Å²) in [6.07, 6.45) is -0.286. The highest BCUT2D eigenvalue weighted by Crippen LogP contribution is 2.34. The van der Waals surface area contributed by atoms with E-state index in [-0.39, 0.29) is 29.3 Å². The van der Waals surface area contributed by atoms with Crippen LogP contribution in [-0.4, -0.2) is 24.9 Å². The normalized spacial score (nSPS) is 16.6. The van der Waals surface area contributed by atoms with Crippen molar-refractivity contribution in [2.45, 2.75) is 13.3 Å². The summed E-state index contributed by atoms with van der Waals surface area (Å²) in [6, 6.07) is 11.6. The first kappa shape index (κ1) is 20.2. The number of nitrogens with zero attached hydrogens (tertiary/aromatic N) is 1. The molecule has 1 atom stereocenters. The van der Waals surface area contributed by atoms with Crippen molar-refractivity contribution in [1.82, 2.24) is 0 Å². The molecule has 29 heavy (non-hydrogen) atoms. The van der Waals surface area contributed by atoms with E-state index in [2.05, 4.69) is 5.32 Å². The standard InChI is InChI=1S/C21H18F2N2O4/c1-12-19(21(28)29-2)15(11-18(26)25(12)14-6-4-3-5-7-14)20(27)24-13-8-9-16(22)17(23)10-13/h3-10,15H,11H2,1-2H3,(H,24,27)/t15-/m1/s1. The third kappa shape index (κ3) is 4.01. The monoisotopic (exact) mass is 400 g/mol. The number of esters is 1. The summed E-state index contributed by atoms with van der Waals surface area (Å²) in [4.78, 5) is 39.3. The van der Waals surface area contributed by atoms with Crippen LogP contribution in [0.15, 0.2) is 59.8 Å². The van der Waals surface area contributed by atoms with E-state index in [4.69, 9.17) is 4.74 Å². The molecule has 2 aromatic carbocycles. The average Bonchev–Trinajstić information content (AvgIpc) is 2.70. The van der Waals surface area contributed by atoms with Gasteiger partial charge in [0.05, 0.1) is 18.6 Å². The van der Waals surface area contributed by atoms with Crippen molar-refractivity contribution >= 4 is 29.2 Å². The first-order valence-corrected chi connectivity index (χ1v) is 8.76. The van der Waals surface area contributed by atoms with E-state index < -0.39 is 29.4 Å². The van der Waals surface area contributed by atoms with Gasteiger partial charge in [-0.2, -0.15) is 0 Å². The Kier molecular flexibility index (Phi) is 5.72. The minimum Gasteiger partial charge on any atom is -0.466 e. The number of carbonyl (C=O) groups is 3. The van der Waals surface area contributed by atoms with Crippen molar-refractivity contribution in [3.8, 4) is 0 Å². The molecule has 2 aromatic rings. The summed E-state index contributed by atoms with van der Waals surface area (Å²) in [5.41, 5.74) is 0.852. The van der Waals surface area contributed by atoms with Crippen LogP contribution in [0.3, 0.4) is 0 Å². The van der Waals surface area contributed by atoms with Gasteiger partial charge in [-0.05, 0) is 31.2 Å². The van der Waals surface area contributed by atoms with E-state index in [1.165, 1.54) is 18.1 Å². The second kappa shape index (κ2) is 8.22. The number of ether oxygens (including phenoxy) is 1. The molecule has 0 aromatic heterocycles. The van der Waals surface area contributed by atoms with Gasteiger partial charge in [0.2, 0.25) is 11.8 Å². The number of hydrogen-bond acceptors (Lipinski definition) is 4. The molecular weight excluding hydrogens is 382 g/mol. The van der Waals surface area contributed by atoms with Gasteiger partial charge in [0.25, 0.3) is 0 Å². The summed E-state index contributed by atoms with van der Waals surface area (Å²) in [6.45, 7) is 1.55. The second-order valence-corrected chi connectivity index (χ2v) is 6.43. The lowest BCUT2D eigenvalue weighted by atomic mass is 9.88. The van der Waals surface area contributed by atoms with Gasteiger partial charge in [0.15, 0.2) is 11.6 Å². The van der Waals surface area contributed by atoms with Crippen molar-refractivity contribution in [3.63, 3.8) is 0 Å². The number of para-hydroxylation sites is 1. The van der Waals surface area contributed by atoms with Crippen LogP contribution >= 0.6 is 0 Å². The van der Waals surface area contributed by atoms with Gasteiger partial charge in [-0.3, -0.25) is 14.5 Å². The van der Waals surface area contributed by atoms with E-state index >= 15 is 0 Å². The summed E-state index contributed by atoms with van der Waals surface area (Å²) >= 11 is 0. The fourth-order valence-electron chi connectivity index (χ4n) is 3.27. The Labute approximate surface area is 165 Å². The first-order chi connectivity index (χ1) is 13.8. The van der Waals surface area contributed by atoms with Crippen LogP contribution in [0.1, 0.15) is 13.3 Å². The van der Waals surface area contributed by atoms with Gasteiger partial charge in [-0.25, -0.2) is 13.6 Å². The molecule has 1 N–H and O–H groups in total. The predicted molar refractivity (Wildman–Crippen MR) is 102 cm³/mol. The van der Waals surface area contributed by atoms with Crippen LogP contribution in [0.5, 0.6) is 0 Å². The molecule has 0 aliphatic carbocycles. The predicted octanol–water partition coefficient (Wildman–Crippen LogP) is 3.40. The van der Waals surface area contributed by atoms with E-state index in [0.29, 0.717) is 5.69 Å². The maximum Gasteiger partial charge on any atom is 0.336 e. The van der Waals surface area contributed by atoms with Crippen LogP contribution in [0.2, 0.25) is 0 Å². The number of methoxy groups -OCH3 is 1. The number of benzene rings is 2. The Morgan fingerprint density at radius 2 is 1.79 bits per heavy atom. The Hall–Kier alpha value is -3.55. The number of carbonyl (C=O) groups excluding carboxylic acids is 3. The molecule has 150 valence electrons. The summed E-state index contributed by atoms with van der Waals surface area (Å²) < 4.78 is 31.3. The lowest BCUT2D eigenvalue weighted by molar-refractivity contribution is -0.138. The van der Waals surface area contributed by atoms with Crippen molar-refractivity contribution in [1.29, 1.82) is 0 Å². The van der Waals surface area contributed by atoms with Crippen LogP contribution in [-0.2, 0) is 19.1 Å². The molecule has 0 saturated carbocycles. The number of amides is 2. The maximum atomic E-state index is 13.4. The SMILES string of the molecule is COC(=O)C1=C(C)N(c2ccccc2)C(=O)C[C@H]1C(=O)Nc1ccc(F)c(F)c1. The van der Waals surface area contributed by atoms with Gasteiger partial charge in [-0.1, -0.05) is 18.2 Å². The Balaban J connectivity index is 1.98. The summed E-state index contributed by atoms with van der Waals surface area (Å²) in [7, 11) is 1.18. The van der Waals surface area contributed by atoms with Gasteiger partial charge in [0.1, 0.15) is 0 Å². The molecule has 1 aliphatic rings. The Morgan fingerprint density at radius 1 is 1.10 bits per heavy atom. The van der Waals surface area contributed by atoms with Crippen molar-refractivity contribution in [2.75, 3.05) is 17.3 Å². The molecule has 8 heteroatoms. The molecule has 0 fully saturated rings. The molecule has 0 bridgehead atoms. The first-order valence-electron chi connectivity index (χ1n) is 8.76. The van der Waals surface area contributed by atoms with Gasteiger partial charge < -0.3 is 10.1 Å².